The molecule has 1 heterocycles. The lowest BCUT2D eigenvalue weighted by molar-refractivity contribution is -0.120. The molecule has 1 atom stereocenters. The standard InChI is InChI=1S/C11H11BrN2O/c1-2-9-11(15)14-10(13-9)7-3-5-8(12)6-4-7/h3-6,9H,2H2,1H3,(H,13,14,15). The molecule has 1 unspecified atom stereocenters. The van der Waals surface area contributed by atoms with Gasteiger partial charge in [0.1, 0.15) is 11.9 Å². The number of hydrogen-bond acceptors (Lipinski definition) is 2. The normalized spacial score (nSPS) is 20.0. The molecule has 0 spiro atoms. The molecule has 0 bridgehead atoms. The first-order valence-corrected chi connectivity index (χ1v) is 5.64. The first-order valence-electron chi connectivity index (χ1n) is 4.85. The first kappa shape index (κ1) is 10.4. The number of aliphatic imine (C=N–C) groups is 1. The number of carbonyl (C=O) groups is 1. The van der Waals surface area contributed by atoms with E-state index in [4.69, 9.17) is 0 Å². The summed E-state index contributed by atoms with van der Waals surface area (Å²) in [6.07, 6.45) is 0.742. The second kappa shape index (κ2) is 4.14. The Morgan fingerprint density at radius 3 is 2.60 bits per heavy atom. The maximum Gasteiger partial charge on any atom is 0.250 e. The minimum absolute atomic E-state index is 0.00424. The molecule has 0 radical (unpaired) electrons. The number of nitrogens with zero attached hydrogens (tertiary/aromatic N) is 1. The number of benzene rings is 1. The van der Waals surface area contributed by atoms with Crippen LogP contribution in [0.4, 0.5) is 0 Å². The molecule has 2 rings (SSSR count). The van der Waals surface area contributed by atoms with Crippen LogP contribution in [-0.2, 0) is 4.79 Å². The molecule has 1 N–H and O–H groups in total. The Bertz CT molecular complexity index is 411. The maximum atomic E-state index is 11.4. The number of carbonyl (C=O) groups excluding carboxylic acids is 1. The van der Waals surface area contributed by atoms with Gasteiger partial charge in [0.15, 0.2) is 0 Å². The molecule has 1 amide bonds. The second-order valence-electron chi connectivity index (χ2n) is 3.40. The van der Waals surface area contributed by atoms with Gasteiger partial charge in [0, 0.05) is 10.0 Å². The fourth-order valence-electron chi connectivity index (χ4n) is 1.48. The summed E-state index contributed by atoms with van der Waals surface area (Å²) in [6.45, 7) is 1.96. The summed E-state index contributed by atoms with van der Waals surface area (Å²) in [7, 11) is 0. The smallest absolute Gasteiger partial charge is 0.250 e. The molecular formula is C11H11BrN2O. The van der Waals surface area contributed by atoms with Crippen molar-refractivity contribution in [2.75, 3.05) is 0 Å². The minimum Gasteiger partial charge on any atom is -0.309 e. The van der Waals surface area contributed by atoms with Gasteiger partial charge < -0.3 is 5.32 Å². The lowest BCUT2D eigenvalue weighted by atomic mass is 10.2. The van der Waals surface area contributed by atoms with Crippen molar-refractivity contribution in [1.82, 2.24) is 5.32 Å². The minimum atomic E-state index is -0.219. The van der Waals surface area contributed by atoms with Gasteiger partial charge in [0.2, 0.25) is 5.91 Å². The second-order valence-corrected chi connectivity index (χ2v) is 4.31. The van der Waals surface area contributed by atoms with Gasteiger partial charge >= 0.3 is 0 Å². The predicted octanol–water partition coefficient (Wildman–Crippen LogP) is 2.10. The highest BCUT2D eigenvalue weighted by atomic mass is 79.9. The fourth-order valence-corrected chi connectivity index (χ4v) is 1.74. The molecule has 0 aromatic heterocycles. The summed E-state index contributed by atoms with van der Waals surface area (Å²) < 4.78 is 1.02. The third kappa shape index (κ3) is 2.09. The molecule has 0 fully saturated rings. The molecule has 1 aromatic rings. The molecule has 4 heteroatoms. The van der Waals surface area contributed by atoms with Crippen molar-refractivity contribution in [3.63, 3.8) is 0 Å². The van der Waals surface area contributed by atoms with E-state index in [1.807, 2.05) is 31.2 Å². The van der Waals surface area contributed by atoms with E-state index in [0.29, 0.717) is 5.84 Å². The van der Waals surface area contributed by atoms with E-state index < -0.39 is 0 Å². The molecule has 15 heavy (non-hydrogen) atoms. The highest BCUT2D eigenvalue weighted by Crippen LogP contribution is 2.14. The summed E-state index contributed by atoms with van der Waals surface area (Å²) >= 11 is 3.36. The topological polar surface area (TPSA) is 41.5 Å². The highest BCUT2D eigenvalue weighted by molar-refractivity contribution is 9.10. The van der Waals surface area contributed by atoms with Crippen LogP contribution in [0.25, 0.3) is 0 Å². The van der Waals surface area contributed by atoms with Crippen molar-refractivity contribution >= 4 is 27.7 Å². The van der Waals surface area contributed by atoms with Crippen LogP contribution in [0.5, 0.6) is 0 Å². The van der Waals surface area contributed by atoms with Crippen LogP contribution in [0, 0.1) is 0 Å². The van der Waals surface area contributed by atoms with Crippen LogP contribution in [0.3, 0.4) is 0 Å². The van der Waals surface area contributed by atoms with Gasteiger partial charge in [0.05, 0.1) is 0 Å². The van der Waals surface area contributed by atoms with Crippen LogP contribution in [0.1, 0.15) is 18.9 Å². The van der Waals surface area contributed by atoms with Gasteiger partial charge in [0.25, 0.3) is 0 Å². The van der Waals surface area contributed by atoms with Crippen molar-refractivity contribution < 1.29 is 4.79 Å². The molecule has 0 saturated carbocycles. The molecule has 78 valence electrons. The largest absolute Gasteiger partial charge is 0.309 e. The number of halogens is 1. The zero-order valence-electron chi connectivity index (χ0n) is 8.33. The molecular weight excluding hydrogens is 256 g/mol. The molecule has 1 aromatic carbocycles. The average molecular weight is 267 g/mol. The van der Waals surface area contributed by atoms with Crippen molar-refractivity contribution in [3.8, 4) is 0 Å². The zero-order valence-corrected chi connectivity index (χ0v) is 9.91. The first-order chi connectivity index (χ1) is 7.20. The average Bonchev–Trinajstić information content (AvgIpc) is 2.61. The number of amidine groups is 1. The highest BCUT2D eigenvalue weighted by Gasteiger charge is 2.24. The predicted molar refractivity (Wildman–Crippen MR) is 62.9 cm³/mol. The van der Waals surface area contributed by atoms with E-state index >= 15 is 0 Å². The van der Waals surface area contributed by atoms with E-state index in [0.717, 1.165) is 16.5 Å². The van der Waals surface area contributed by atoms with Crippen LogP contribution < -0.4 is 5.32 Å². The van der Waals surface area contributed by atoms with Crippen LogP contribution in [0.15, 0.2) is 33.7 Å². The summed E-state index contributed by atoms with van der Waals surface area (Å²) in [5.41, 5.74) is 0.947. The van der Waals surface area contributed by atoms with E-state index in [2.05, 4.69) is 26.2 Å². The van der Waals surface area contributed by atoms with Gasteiger partial charge in [-0.05, 0) is 18.6 Å². The fraction of sp³-hybridized carbons (Fsp3) is 0.273. The number of amides is 1. The summed E-state index contributed by atoms with van der Waals surface area (Å²) in [5.74, 6) is 0.676. The molecule has 0 aliphatic carbocycles. The Kier molecular flexibility index (Phi) is 2.86. The van der Waals surface area contributed by atoms with Gasteiger partial charge in [-0.2, -0.15) is 0 Å². The lowest BCUT2D eigenvalue weighted by Gasteiger charge is -2.00. The van der Waals surface area contributed by atoms with Gasteiger partial charge in [-0.25, -0.2) is 0 Å². The van der Waals surface area contributed by atoms with Crippen LogP contribution >= 0.6 is 15.9 Å². The Hall–Kier alpha value is -1.16. The van der Waals surface area contributed by atoms with Crippen molar-refractivity contribution in [3.05, 3.63) is 34.3 Å². The summed E-state index contributed by atoms with van der Waals surface area (Å²) in [6, 6.07) is 7.51. The van der Waals surface area contributed by atoms with Gasteiger partial charge in [-0.3, -0.25) is 9.79 Å². The molecule has 1 aliphatic rings. The van der Waals surface area contributed by atoms with Crippen molar-refractivity contribution in [2.45, 2.75) is 19.4 Å². The quantitative estimate of drug-likeness (QED) is 0.876. The van der Waals surface area contributed by atoms with Crippen molar-refractivity contribution in [1.29, 1.82) is 0 Å². The van der Waals surface area contributed by atoms with Crippen LogP contribution in [-0.4, -0.2) is 17.8 Å². The number of rotatable bonds is 2. The Labute approximate surface area is 96.7 Å². The SMILES string of the molecule is CCC1N=C(c2ccc(Br)cc2)NC1=O. The summed E-state index contributed by atoms with van der Waals surface area (Å²) in [5, 5.41) is 2.79. The van der Waals surface area contributed by atoms with E-state index in [1.165, 1.54) is 0 Å². The van der Waals surface area contributed by atoms with Crippen LogP contribution in [0.2, 0.25) is 0 Å². The van der Waals surface area contributed by atoms with Gasteiger partial charge in [-0.1, -0.05) is 35.0 Å². The Balaban J connectivity index is 2.26. The third-order valence-corrected chi connectivity index (χ3v) is 2.86. The third-order valence-electron chi connectivity index (χ3n) is 2.33. The molecule has 3 nitrogen and oxygen atoms in total. The number of nitrogens with one attached hydrogen (secondary N) is 1. The van der Waals surface area contributed by atoms with Gasteiger partial charge in [-0.15, -0.1) is 0 Å². The van der Waals surface area contributed by atoms with E-state index in [-0.39, 0.29) is 11.9 Å². The number of hydrogen-bond donors (Lipinski definition) is 1. The monoisotopic (exact) mass is 266 g/mol. The lowest BCUT2D eigenvalue weighted by Crippen LogP contribution is -2.28. The maximum absolute atomic E-state index is 11.4. The molecule has 1 aliphatic heterocycles. The van der Waals surface area contributed by atoms with E-state index in [1.54, 1.807) is 0 Å². The Morgan fingerprint density at radius 2 is 2.07 bits per heavy atom. The Morgan fingerprint density at radius 1 is 1.40 bits per heavy atom. The van der Waals surface area contributed by atoms with Crippen molar-refractivity contribution in [2.24, 2.45) is 4.99 Å². The molecule has 0 saturated heterocycles. The summed E-state index contributed by atoms with van der Waals surface area (Å²) in [4.78, 5) is 15.7. The zero-order chi connectivity index (χ0) is 10.8. The van der Waals surface area contributed by atoms with E-state index in [9.17, 15) is 4.79 Å².